The molecule has 2 aromatic carbocycles. The van der Waals surface area contributed by atoms with Gasteiger partial charge in [-0.3, -0.25) is 14.5 Å². The summed E-state index contributed by atoms with van der Waals surface area (Å²) in [4.78, 5) is 82.3. The zero-order valence-corrected chi connectivity index (χ0v) is 54.0. The lowest BCUT2D eigenvalue weighted by Gasteiger charge is -2.46. The van der Waals surface area contributed by atoms with E-state index < -0.39 is 76.3 Å². The Hall–Kier alpha value is -6.67. The van der Waals surface area contributed by atoms with E-state index in [1.54, 1.807) is 67.6 Å². The number of nitrogens with two attached hydrogens (primary N) is 2. The Labute approximate surface area is 535 Å². The number of fused-ring (bicyclic) bond motifs is 2. The number of aliphatic hydroxyl groups excluding tert-OH is 1. The number of carbonyl (C=O) groups is 6. The van der Waals surface area contributed by atoms with Crippen LogP contribution in [0.2, 0.25) is 0 Å². The average Bonchev–Trinajstić information content (AvgIpc) is 1.55. The summed E-state index contributed by atoms with van der Waals surface area (Å²) in [5.41, 5.74) is 0.0490. The number of ether oxygens (including phenoxy) is 4. The highest BCUT2D eigenvalue weighted by molar-refractivity contribution is 8.03. The van der Waals surface area contributed by atoms with Crippen molar-refractivity contribution in [3.8, 4) is 11.5 Å². The van der Waals surface area contributed by atoms with Crippen LogP contribution < -0.4 is 28.8 Å². The molecule has 4 saturated heterocycles. The van der Waals surface area contributed by atoms with Crippen molar-refractivity contribution in [3.05, 3.63) is 133 Å². The second-order valence-electron chi connectivity index (χ2n) is 21.6. The lowest BCUT2D eigenvalue weighted by molar-refractivity contribution is -0.164. The van der Waals surface area contributed by atoms with Crippen molar-refractivity contribution in [2.45, 2.75) is 95.7 Å². The van der Waals surface area contributed by atoms with Crippen LogP contribution in [0, 0.1) is 29.6 Å². The molecular formula is C58H81N8O19PS4. The fourth-order valence-electron chi connectivity index (χ4n) is 11.0. The molecule has 0 unspecified atom stereocenters. The van der Waals surface area contributed by atoms with Crippen LogP contribution in [-0.4, -0.2) is 171 Å². The average molecular weight is 1350 g/mol. The van der Waals surface area contributed by atoms with Gasteiger partial charge in [-0.15, -0.1) is 11.8 Å². The molecule has 4 fully saturated rings. The van der Waals surface area contributed by atoms with Gasteiger partial charge in [-0.25, -0.2) is 38.9 Å². The fraction of sp³-hybridized carbons (Fsp3) is 0.483. The molecule has 27 nitrogen and oxygen atoms in total. The second kappa shape index (κ2) is 32.6. The molecule has 496 valence electrons. The third-order valence-corrected chi connectivity index (χ3v) is 19.1. The first-order valence-corrected chi connectivity index (χ1v) is 34.1. The van der Waals surface area contributed by atoms with Crippen molar-refractivity contribution in [1.82, 2.24) is 29.0 Å². The minimum Gasteiger partial charge on any atom is -0.457 e. The van der Waals surface area contributed by atoms with Crippen molar-refractivity contribution in [3.63, 3.8) is 0 Å². The van der Waals surface area contributed by atoms with E-state index >= 15 is 0 Å². The van der Waals surface area contributed by atoms with E-state index in [1.807, 2.05) is 27.7 Å². The van der Waals surface area contributed by atoms with Gasteiger partial charge in [0.15, 0.2) is 5.70 Å². The Kier molecular flexibility index (Phi) is 26.8. The summed E-state index contributed by atoms with van der Waals surface area (Å²) in [5, 5.41) is 19.8. The molecule has 6 aliphatic heterocycles. The van der Waals surface area contributed by atoms with Crippen LogP contribution in [0.3, 0.4) is 0 Å². The van der Waals surface area contributed by atoms with Crippen molar-refractivity contribution in [1.29, 1.82) is 0 Å². The molecule has 0 saturated carbocycles. The lowest BCUT2D eigenvalue weighted by atomic mass is 9.75. The normalized spacial score (nSPS) is 24.5. The van der Waals surface area contributed by atoms with E-state index in [9.17, 15) is 55.3 Å². The zero-order valence-electron chi connectivity index (χ0n) is 49.8. The number of β-lactam (4-membered cyclic amide) rings is 2. The van der Waals surface area contributed by atoms with Crippen molar-refractivity contribution >= 4 is 88.6 Å². The van der Waals surface area contributed by atoms with Crippen LogP contribution in [0.5, 0.6) is 11.5 Å². The molecule has 11 atom stereocenters. The number of phosphoric ester groups is 1. The van der Waals surface area contributed by atoms with Gasteiger partial charge in [-0.2, -0.15) is 34.0 Å². The second-order valence-corrected chi connectivity index (χ2v) is 27.8. The summed E-state index contributed by atoms with van der Waals surface area (Å²) >= 11 is 5.62. The molecule has 0 spiro atoms. The van der Waals surface area contributed by atoms with Gasteiger partial charge in [-0.05, 0) is 49.9 Å². The van der Waals surface area contributed by atoms with Gasteiger partial charge in [0.2, 0.25) is 11.8 Å². The summed E-state index contributed by atoms with van der Waals surface area (Å²) in [6, 6.07) is 15.3. The standard InChI is InChI=1S/C26H28NO7P.C22H32N4O8S2.C9H17N3O4S2.CH4/c1-5-16-31-26(29)23-24(18(4)22-21(17(2)3)25(28)27(22)23)34-35(30,32-19-12-8-6-9-13-19)33-20-14-10-7-11-15-20;1-5-7-33-21(29)18-19(12(3)17-16(13(4)27)20(28)26(17)18)35-15-9-14(10-24-36(23,31)32)25(11-15)22(30)34-8-6-2;1-2-3-16-9(13)12-6-8(17)4-7(12)5-11-18(10,14)15;/h5-15,17-18,21-22H,1,16H2,2-4H3;5-6,12-17,24,27H,1-2,7-11H2,3-4H3,(H2,23,31,32);2,7-8,11,17H,1,3-6H2,(H2,10,14,15);1H4/t18-,21-,22-;12-,13-,14+,15+,16-,17-;7-,8-;/m110./s1. The predicted molar refractivity (Wildman–Crippen MR) is 339 cm³/mol. The number of carbonyl (C=O) groups excluding carboxylic acids is 6. The number of amides is 4. The first-order valence-electron chi connectivity index (χ1n) is 28.1. The number of benzene rings is 2. The zero-order chi connectivity index (χ0) is 65.7. The van der Waals surface area contributed by atoms with Crippen LogP contribution >= 0.6 is 32.2 Å². The monoisotopic (exact) mass is 1350 g/mol. The maximum absolute atomic E-state index is 14.0. The molecule has 8 rings (SSSR count). The summed E-state index contributed by atoms with van der Waals surface area (Å²) < 4.78 is 101. The van der Waals surface area contributed by atoms with Crippen molar-refractivity contribution in [2.24, 2.45) is 39.9 Å². The van der Waals surface area contributed by atoms with E-state index in [4.69, 9.17) is 42.8 Å². The Balaban J connectivity index is 0.000000258. The molecule has 4 amide bonds. The first-order chi connectivity index (χ1) is 42.0. The van der Waals surface area contributed by atoms with Crippen molar-refractivity contribution in [2.75, 3.05) is 52.6 Å². The minimum absolute atomic E-state index is 0. The fourth-order valence-corrected chi connectivity index (χ4v) is 15.2. The molecule has 0 aromatic heterocycles. The van der Waals surface area contributed by atoms with Gasteiger partial charge in [0.05, 0.1) is 30.0 Å². The summed E-state index contributed by atoms with van der Waals surface area (Å²) in [5.74, 6) is -3.05. The van der Waals surface area contributed by atoms with E-state index in [0.717, 1.165) is 0 Å². The number of thioether (sulfide) groups is 1. The highest BCUT2D eigenvalue weighted by Crippen LogP contribution is 2.58. The summed E-state index contributed by atoms with van der Waals surface area (Å²) in [6.45, 7) is 23.8. The third-order valence-electron chi connectivity index (χ3n) is 14.8. The maximum atomic E-state index is 14.0. The van der Waals surface area contributed by atoms with Crippen LogP contribution in [0.4, 0.5) is 9.59 Å². The van der Waals surface area contributed by atoms with Gasteiger partial charge in [0, 0.05) is 65.5 Å². The number of nitrogens with zero attached hydrogens (tertiary/aromatic N) is 4. The molecule has 0 bridgehead atoms. The molecule has 7 N–H and O–H groups in total. The topological polar surface area (TPSA) is 362 Å². The van der Waals surface area contributed by atoms with Crippen LogP contribution in [0.25, 0.3) is 0 Å². The molecule has 6 aliphatic rings. The maximum Gasteiger partial charge on any atom is 0.646 e. The summed E-state index contributed by atoms with van der Waals surface area (Å²) in [7, 11) is -12.1. The number of phosphoric acid groups is 1. The molecule has 32 heteroatoms. The van der Waals surface area contributed by atoms with Gasteiger partial charge in [0.1, 0.15) is 49.4 Å². The largest absolute Gasteiger partial charge is 0.646 e. The SMILES string of the molecule is C.C=CCOC(=O)C1=C(OP(=O)(Oc2ccccc2)Oc2ccccc2)[C@H](C)[C@@H]2[C@@H](C(C)C)C(=O)N12.C=CCOC(=O)C1=C(S[C@H]2C[C@@H](CNS(N)(=O)=O)N(C(=O)OCC=C)C2)[C@H](C)[C@@H]2[C@@H]([C@@H](C)O)C(=O)N12.C=CCOC(=O)N1C[C@@H](S)C[C@H]1CNS(N)(=O)=O. The lowest BCUT2D eigenvalue weighted by Crippen LogP contribution is -2.63. The van der Waals surface area contributed by atoms with Gasteiger partial charge in [-0.1, -0.05) is 122 Å². The molecule has 0 aliphatic carbocycles. The Bertz CT molecular complexity index is 3260. The van der Waals surface area contributed by atoms with E-state index in [0.29, 0.717) is 24.3 Å². The number of rotatable bonds is 26. The summed E-state index contributed by atoms with van der Waals surface area (Å²) in [6.07, 6.45) is 4.66. The number of thiol groups is 1. The van der Waals surface area contributed by atoms with Crippen LogP contribution in [0.1, 0.15) is 54.9 Å². The number of nitrogens with one attached hydrogen (secondary N) is 2. The quantitative estimate of drug-likeness (QED) is 0.0168. The smallest absolute Gasteiger partial charge is 0.457 e. The van der Waals surface area contributed by atoms with Gasteiger partial charge >= 0.3 is 31.9 Å². The number of hydrogen-bond donors (Lipinski definition) is 6. The van der Waals surface area contributed by atoms with Gasteiger partial charge in [0.25, 0.3) is 20.4 Å². The number of esters is 2. The van der Waals surface area contributed by atoms with Crippen molar-refractivity contribution < 1.29 is 87.8 Å². The molecular weight excluding hydrogens is 1270 g/mol. The minimum atomic E-state index is -4.36. The van der Waals surface area contributed by atoms with E-state index in [2.05, 4.69) is 48.4 Å². The first kappa shape index (κ1) is 74.1. The molecule has 0 radical (unpaired) electrons. The number of para-hydroxylation sites is 2. The highest BCUT2D eigenvalue weighted by atomic mass is 32.2. The molecule has 2 aromatic rings. The van der Waals surface area contributed by atoms with Crippen LogP contribution in [-0.2, 0) is 67.6 Å². The Morgan fingerprint density at radius 3 is 1.56 bits per heavy atom. The Morgan fingerprint density at radius 2 is 1.10 bits per heavy atom. The number of aliphatic hydroxyl groups is 1. The Morgan fingerprint density at radius 1 is 0.678 bits per heavy atom. The van der Waals surface area contributed by atoms with Gasteiger partial charge < -0.3 is 52.3 Å². The molecule has 90 heavy (non-hydrogen) atoms. The number of likely N-dealkylation sites (tertiary alicyclic amines) is 2. The third kappa shape index (κ3) is 18.5. The highest BCUT2D eigenvalue weighted by Gasteiger charge is 2.63. The molecule has 6 heterocycles. The predicted octanol–water partition coefficient (Wildman–Crippen LogP) is 5.53. The van der Waals surface area contributed by atoms with Crippen LogP contribution in [0.15, 0.2) is 133 Å². The number of hydrogen-bond acceptors (Lipinski definition) is 21. The van der Waals surface area contributed by atoms with E-state index in [-0.39, 0.29) is 140 Å². The van der Waals surface area contributed by atoms with E-state index in [1.165, 1.54) is 55.7 Å².